The zero-order chi connectivity index (χ0) is 22.4. The molecule has 170 valence electrons. The quantitative estimate of drug-likeness (QED) is 0.683. The van der Waals surface area contributed by atoms with E-state index in [0.717, 1.165) is 37.1 Å². The van der Waals surface area contributed by atoms with Gasteiger partial charge in [-0.3, -0.25) is 4.90 Å². The van der Waals surface area contributed by atoms with Crippen molar-refractivity contribution in [3.8, 4) is 0 Å². The molecule has 0 spiro atoms. The van der Waals surface area contributed by atoms with E-state index < -0.39 is 0 Å². The van der Waals surface area contributed by atoms with Crippen molar-refractivity contribution < 1.29 is 4.90 Å². The van der Waals surface area contributed by atoms with Crippen LogP contribution in [0.5, 0.6) is 0 Å². The molecule has 31 heavy (non-hydrogen) atoms. The third-order valence-electron chi connectivity index (χ3n) is 9.44. The Kier molecular flexibility index (Phi) is 5.93. The van der Waals surface area contributed by atoms with Crippen molar-refractivity contribution >= 4 is 17.3 Å². The average Bonchev–Trinajstić information content (AvgIpc) is 3.05. The molecule has 2 heterocycles. The summed E-state index contributed by atoms with van der Waals surface area (Å²) in [4.78, 5) is 12.2. The summed E-state index contributed by atoms with van der Waals surface area (Å²) in [6.45, 7) is 16.3. The number of nitrogens with two attached hydrogens (primary N) is 1. The van der Waals surface area contributed by atoms with Crippen LogP contribution in [0.25, 0.3) is 0 Å². The van der Waals surface area contributed by atoms with Gasteiger partial charge in [0.25, 0.3) is 5.82 Å². The van der Waals surface area contributed by atoms with Crippen LogP contribution in [0.1, 0.15) is 72.6 Å². The van der Waals surface area contributed by atoms with E-state index in [4.69, 9.17) is 5.73 Å². The van der Waals surface area contributed by atoms with Crippen LogP contribution in [-0.2, 0) is 0 Å². The Morgan fingerprint density at radius 2 is 2.10 bits per heavy atom. The number of allylic oxidation sites excluding steroid dienone is 2. The van der Waals surface area contributed by atoms with E-state index >= 15 is 0 Å². The molecule has 4 rings (SSSR count). The minimum atomic E-state index is 0.395. The fourth-order valence-corrected chi connectivity index (χ4v) is 6.97. The van der Waals surface area contributed by atoms with Gasteiger partial charge < -0.3 is 10.6 Å². The van der Waals surface area contributed by atoms with Crippen molar-refractivity contribution in [3.05, 3.63) is 30.1 Å². The van der Waals surface area contributed by atoms with Crippen molar-refractivity contribution in [2.24, 2.45) is 22.7 Å². The number of hydrogen-bond donors (Lipinski definition) is 2. The number of nitrogens with one attached hydrogen (secondary N) is 1. The van der Waals surface area contributed by atoms with Crippen LogP contribution < -0.4 is 15.5 Å². The normalized spacial score (nSPS) is 35.8. The number of fused-ring (bicyclic) bond motifs is 2. The van der Waals surface area contributed by atoms with Gasteiger partial charge in [-0.05, 0) is 61.7 Å². The molecule has 2 fully saturated rings. The number of rotatable bonds is 5. The zero-order valence-corrected chi connectivity index (χ0v) is 20.3. The predicted molar refractivity (Wildman–Crippen MR) is 129 cm³/mol. The Morgan fingerprint density at radius 3 is 2.87 bits per heavy atom. The van der Waals surface area contributed by atoms with Crippen LogP contribution in [0.4, 0.5) is 17.3 Å². The minimum Gasteiger partial charge on any atom is -0.382 e. The SMILES string of the molecule is C=C1CCC2(C)C(C)CCCC2(C)C1CCC(C)=CCN1C[NH+](C)c2ncnc(N)c21. The average molecular weight is 425 g/mol. The molecule has 2 aliphatic carbocycles. The standard InChI is InChI=1S/C26H41N5/c1-18(12-15-31-17-30(6)24-22(31)23(27)28-16-29-24)9-10-21-19(2)11-14-25(4)20(3)8-7-13-26(21,25)5/h12,16,20-21H,2,7-11,13-15,17H2,1,3-6H3,(H2,27,28,29)/p+1. The van der Waals surface area contributed by atoms with Gasteiger partial charge in [-0.1, -0.05) is 57.4 Å². The van der Waals surface area contributed by atoms with Gasteiger partial charge in [0.15, 0.2) is 18.2 Å². The predicted octanol–water partition coefficient (Wildman–Crippen LogP) is 4.51. The molecule has 1 aromatic rings. The molecule has 2 saturated carbocycles. The van der Waals surface area contributed by atoms with E-state index in [-0.39, 0.29) is 0 Å². The molecule has 5 unspecified atom stereocenters. The van der Waals surface area contributed by atoms with Crippen LogP contribution in [0, 0.1) is 22.7 Å². The summed E-state index contributed by atoms with van der Waals surface area (Å²) in [5.41, 5.74) is 11.0. The molecular weight excluding hydrogens is 382 g/mol. The maximum Gasteiger partial charge on any atom is 0.256 e. The van der Waals surface area contributed by atoms with Crippen molar-refractivity contribution in [1.82, 2.24) is 9.97 Å². The lowest BCUT2D eigenvalue weighted by atomic mass is 9.43. The summed E-state index contributed by atoms with van der Waals surface area (Å²) < 4.78 is 0. The van der Waals surface area contributed by atoms with E-state index in [1.165, 1.54) is 54.6 Å². The molecule has 1 aliphatic heterocycles. The molecule has 5 atom stereocenters. The summed E-state index contributed by atoms with van der Waals surface area (Å²) in [6.07, 6.45) is 13.0. The third-order valence-corrected chi connectivity index (χ3v) is 9.44. The van der Waals surface area contributed by atoms with Gasteiger partial charge in [-0.15, -0.1) is 0 Å². The first-order valence-electron chi connectivity index (χ1n) is 12.2. The van der Waals surface area contributed by atoms with Crippen LogP contribution in [0.3, 0.4) is 0 Å². The second-order valence-corrected chi connectivity index (χ2v) is 11.0. The lowest BCUT2D eigenvalue weighted by Crippen LogP contribution is -3.03. The Hall–Kier alpha value is -1.88. The zero-order valence-electron chi connectivity index (χ0n) is 20.3. The van der Waals surface area contributed by atoms with Gasteiger partial charge in [-0.25, -0.2) is 4.98 Å². The van der Waals surface area contributed by atoms with Crippen LogP contribution in [0.15, 0.2) is 30.1 Å². The number of aromatic nitrogens is 2. The Bertz CT molecular complexity index is 877. The van der Waals surface area contributed by atoms with Crippen molar-refractivity contribution in [2.75, 3.05) is 30.9 Å². The topological polar surface area (TPSA) is 59.5 Å². The highest BCUT2D eigenvalue weighted by Gasteiger charge is 2.56. The molecule has 5 nitrogen and oxygen atoms in total. The monoisotopic (exact) mass is 424 g/mol. The van der Waals surface area contributed by atoms with E-state index in [0.29, 0.717) is 22.6 Å². The summed E-state index contributed by atoms with van der Waals surface area (Å²) in [6, 6.07) is 0. The van der Waals surface area contributed by atoms with Gasteiger partial charge in [0, 0.05) is 6.54 Å². The fourth-order valence-electron chi connectivity index (χ4n) is 6.97. The maximum atomic E-state index is 6.17. The molecule has 0 saturated heterocycles. The third kappa shape index (κ3) is 3.69. The molecule has 3 aliphatic rings. The minimum absolute atomic E-state index is 0.395. The number of nitrogen functional groups attached to an aromatic ring is 1. The second-order valence-electron chi connectivity index (χ2n) is 11.0. The Balaban J connectivity index is 1.43. The summed E-state index contributed by atoms with van der Waals surface area (Å²) in [7, 11) is 2.14. The van der Waals surface area contributed by atoms with Gasteiger partial charge in [0.05, 0.1) is 7.05 Å². The molecule has 0 radical (unpaired) electrons. The van der Waals surface area contributed by atoms with Crippen molar-refractivity contribution in [1.29, 1.82) is 0 Å². The smallest absolute Gasteiger partial charge is 0.256 e. The highest BCUT2D eigenvalue weighted by atomic mass is 15.4. The number of quaternary nitrogens is 1. The van der Waals surface area contributed by atoms with E-state index in [2.05, 4.69) is 62.3 Å². The summed E-state index contributed by atoms with van der Waals surface area (Å²) >= 11 is 0. The summed E-state index contributed by atoms with van der Waals surface area (Å²) in [5, 5.41) is 0. The molecule has 1 aromatic heterocycles. The molecule has 5 heteroatoms. The van der Waals surface area contributed by atoms with Crippen LogP contribution in [-0.4, -0.2) is 30.2 Å². The van der Waals surface area contributed by atoms with Gasteiger partial charge in [0.1, 0.15) is 6.33 Å². The Labute approximate surface area is 188 Å². The largest absolute Gasteiger partial charge is 0.382 e. The Morgan fingerprint density at radius 1 is 1.32 bits per heavy atom. The first-order valence-corrected chi connectivity index (χ1v) is 12.2. The number of hydrogen-bond acceptors (Lipinski definition) is 4. The lowest BCUT2D eigenvalue weighted by Gasteiger charge is -2.61. The number of nitrogens with zero attached hydrogens (tertiary/aromatic N) is 3. The van der Waals surface area contributed by atoms with E-state index in [9.17, 15) is 0 Å². The molecule has 0 amide bonds. The van der Waals surface area contributed by atoms with Crippen molar-refractivity contribution in [2.45, 2.75) is 72.6 Å². The van der Waals surface area contributed by atoms with Crippen LogP contribution >= 0.6 is 0 Å². The molecule has 3 N–H and O–H groups in total. The second kappa shape index (κ2) is 8.23. The maximum absolute atomic E-state index is 6.17. The molecule has 0 bridgehead atoms. The van der Waals surface area contributed by atoms with Gasteiger partial charge in [0.2, 0.25) is 0 Å². The number of anilines is 2. The van der Waals surface area contributed by atoms with Crippen molar-refractivity contribution in [3.63, 3.8) is 0 Å². The molecule has 0 aromatic carbocycles. The highest BCUT2D eigenvalue weighted by Crippen LogP contribution is 2.65. The van der Waals surface area contributed by atoms with E-state index in [1.807, 2.05) is 0 Å². The highest BCUT2D eigenvalue weighted by molar-refractivity contribution is 5.73. The van der Waals surface area contributed by atoms with E-state index in [1.54, 1.807) is 6.33 Å². The summed E-state index contributed by atoms with van der Waals surface area (Å²) in [5.74, 6) is 3.06. The fraction of sp³-hybridized carbons (Fsp3) is 0.692. The molecular formula is C26H42N5+. The van der Waals surface area contributed by atoms with Gasteiger partial charge >= 0.3 is 0 Å². The lowest BCUT2D eigenvalue weighted by molar-refractivity contribution is -0.805. The first kappa shape index (κ1) is 22.3. The van der Waals surface area contributed by atoms with Gasteiger partial charge in [-0.2, -0.15) is 4.98 Å². The van der Waals surface area contributed by atoms with Crippen LogP contribution in [0.2, 0.25) is 0 Å². The first-order chi connectivity index (χ1) is 14.7.